The highest BCUT2D eigenvalue weighted by molar-refractivity contribution is 5.84. The Morgan fingerprint density at radius 3 is 2.89 bits per heavy atom. The lowest BCUT2D eigenvalue weighted by atomic mass is 10.2. The third kappa shape index (κ3) is 0.525. The molecule has 2 rings (SSSR count). The predicted molar refractivity (Wildman–Crippen MR) is 30.9 cm³/mol. The van der Waals surface area contributed by atoms with Crippen molar-refractivity contribution < 1.29 is 9.53 Å². The molecule has 2 bridgehead atoms. The minimum absolute atomic E-state index is 0.0972. The Morgan fingerprint density at radius 1 is 1.78 bits per heavy atom. The van der Waals surface area contributed by atoms with Crippen molar-refractivity contribution in [3.8, 4) is 0 Å². The SMILES string of the molecule is CN1C(=O)C2CC1CO2. The van der Waals surface area contributed by atoms with Crippen LogP contribution in [0.5, 0.6) is 0 Å². The second kappa shape index (κ2) is 1.48. The average Bonchev–Trinajstić information content (AvgIpc) is 2.37. The summed E-state index contributed by atoms with van der Waals surface area (Å²) in [6.07, 6.45) is 0.815. The van der Waals surface area contributed by atoms with Crippen LogP contribution in [-0.4, -0.2) is 36.6 Å². The van der Waals surface area contributed by atoms with Gasteiger partial charge >= 0.3 is 0 Å². The van der Waals surface area contributed by atoms with Crippen molar-refractivity contribution in [2.24, 2.45) is 0 Å². The van der Waals surface area contributed by atoms with Crippen LogP contribution < -0.4 is 0 Å². The summed E-state index contributed by atoms with van der Waals surface area (Å²) in [6.45, 7) is 0.743. The van der Waals surface area contributed by atoms with Gasteiger partial charge in [0.25, 0.3) is 5.91 Å². The smallest absolute Gasteiger partial charge is 0.251 e. The number of fused-ring (bicyclic) bond motifs is 2. The van der Waals surface area contributed by atoms with Crippen LogP contribution >= 0.6 is 0 Å². The summed E-state index contributed by atoms with van der Waals surface area (Å²) >= 11 is 0. The molecule has 0 N–H and O–H groups in total. The van der Waals surface area contributed by atoms with Gasteiger partial charge < -0.3 is 9.64 Å². The van der Waals surface area contributed by atoms with E-state index in [-0.39, 0.29) is 12.0 Å². The minimum atomic E-state index is -0.0972. The van der Waals surface area contributed by atoms with Crippen molar-refractivity contribution in [1.82, 2.24) is 4.90 Å². The number of carbonyl (C=O) groups is 1. The topological polar surface area (TPSA) is 29.5 Å². The Hall–Kier alpha value is -0.570. The molecule has 0 aromatic heterocycles. The van der Waals surface area contributed by atoms with Crippen LogP contribution in [0.4, 0.5) is 0 Å². The lowest BCUT2D eigenvalue weighted by Crippen LogP contribution is -2.38. The molecular formula is C6H9NO2. The van der Waals surface area contributed by atoms with Crippen LogP contribution in [0.15, 0.2) is 0 Å². The fourth-order valence-corrected chi connectivity index (χ4v) is 1.46. The number of amides is 1. The van der Waals surface area contributed by atoms with Crippen molar-refractivity contribution in [3.05, 3.63) is 0 Å². The summed E-state index contributed by atoms with van der Waals surface area (Å²) in [4.78, 5) is 12.8. The molecule has 2 fully saturated rings. The first-order valence-electron chi connectivity index (χ1n) is 3.17. The van der Waals surface area contributed by atoms with Crippen LogP contribution in [0.1, 0.15) is 6.42 Å². The van der Waals surface area contributed by atoms with E-state index in [9.17, 15) is 4.79 Å². The number of hydrogen-bond acceptors (Lipinski definition) is 2. The number of carbonyl (C=O) groups excluding carboxylic acids is 1. The van der Waals surface area contributed by atoms with Crippen LogP contribution in [0.3, 0.4) is 0 Å². The summed E-state index contributed by atoms with van der Waals surface area (Å²) < 4.78 is 5.14. The first-order chi connectivity index (χ1) is 4.29. The van der Waals surface area contributed by atoms with Gasteiger partial charge in [-0.05, 0) is 0 Å². The van der Waals surface area contributed by atoms with E-state index in [1.807, 2.05) is 7.05 Å². The van der Waals surface area contributed by atoms with Crippen molar-refractivity contribution in [3.63, 3.8) is 0 Å². The zero-order chi connectivity index (χ0) is 6.43. The fraction of sp³-hybridized carbons (Fsp3) is 0.833. The predicted octanol–water partition coefficient (Wildman–Crippen LogP) is -0.384. The van der Waals surface area contributed by atoms with E-state index in [0.29, 0.717) is 6.04 Å². The molecule has 0 spiro atoms. The molecule has 2 aliphatic heterocycles. The largest absolute Gasteiger partial charge is 0.366 e. The maximum atomic E-state index is 11.0. The summed E-state index contributed by atoms with van der Waals surface area (Å²) in [5, 5.41) is 0. The molecule has 9 heavy (non-hydrogen) atoms. The number of ether oxygens (including phenoxy) is 1. The van der Waals surface area contributed by atoms with Gasteiger partial charge in [0.2, 0.25) is 0 Å². The van der Waals surface area contributed by atoms with E-state index in [1.54, 1.807) is 4.90 Å². The highest BCUT2D eigenvalue weighted by atomic mass is 16.5. The number of hydrogen-bond donors (Lipinski definition) is 0. The molecule has 3 nitrogen and oxygen atoms in total. The molecule has 2 atom stereocenters. The number of likely N-dealkylation sites (tertiary alicyclic amines) is 1. The van der Waals surface area contributed by atoms with Gasteiger partial charge in [-0.25, -0.2) is 0 Å². The van der Waals surface area contributed by atoms with Crippen molar-refractivity contribution in [1.29, 1.82) is 0 Å². The highest BCUT2D eigenvalue weighted by Crippen LogP contribution is 2.26. The second-order valence-corrected chi connectivity index (χ2v) is 2.66. The van der Waals surface area contributed by atoms with E-state index in [4.69, 9.17) is 4.74 Å². The first kappa shape index (κ1) is 5.23. The third-order valence-electron chi connectivity index (χ3n) is 2.15. The van der Waals surface area contributed by atoms with Crippen LogP contribution in [0.25, 0.3) is 0 Å². The summed E-state index contributed by atoms with van der Waals surface area (Å²) in [5.74, 6) is 0.159. The van der Waals surface area contributed by atoms with Gasteiger partial charge in [-0.3, -0.25) is 4.79 Å². The van der Waals surface area contributed by atoms with Gasteiger partial charge in [0.15, 0.2) is 0 Å². The molecule has 0 radical (unpaired) electrons. The van der Waals surface area contributed by atoms with E-state index in [1.165, 1.54) is 0 Å². The number of rotatable bonds is 0. The lowest BCUT2D eigenvalue weighted by molar-refractivity contribution is -0.142. The number of morpholine rings is 1. The van der Waals surface area contributed by atoms with Crippen LogP contribution in [0.2, 0.25) is 0 Å². The standard InChI is InChI=1S/C6H9NO2/c1-7-4-2-5(6(7)8)9-3-4/h4-5H,2-3H2,1H3. The summed E-state index contributed by atoms with van der Waals surface area (Å²) in [7, 11) is 1.84. The van der Waals surface area contributed by atoms with Gasteiger partial charge in [0.05, 0.1) is 12.6 Å². The van der Waals surface area contributed by atoms with E-state index in [0.717, 1.165) is 13.0 Å². The molecule has 2 saturated heterocycles. The van der Waals surface area contributed by atoms with Gasteiger partial charge in [-0.2, -0.15) is 0 Å². The zero-order valence-corrected chi connectivity index (χ0v) is 5.33. The molecule has 2 unspecified atom stereocenters. The van der Waals surface area contributed by atoms with Gasteiger partial charge in [0, 0.05) is 13.5 Å². The Morgan fingerprint density at radius 2 is 2.56 bits per heavy atom. The maximum Gasteiger partial charge on any atom is 0.251 e. The minimum Gasteiger partial charge on any atom is -0.366 e. The molecule has 2 aliphatic rings. The maximum absolute atomic E-state index is 11.0. The average molecular weight is 127 g/mol. The molecule has 3 heteroatoms. The Kier molecular flexibility index (Phi) is 0.858. The lowest BCUT2D eigenvalue weighted by Gasteiger charge is -2.21. The molecule has 0 aliphatic carbocycles. The molecular weight excluding hydrogens is 118 g/mol. The highest BCUT2D eigenvalue weighted by Gasteiger charge is 2.43. The monoisotopic (exact) mass is 127 g/mol. The van der Waals surface area contributed by atoms with Crippen molar-refractivity contribution >= 4 is 5.91 Å². The van der Waals surface area contributed by atoms with E-state index in [2.05, 4.69) is 0 Å². The van der Waals surface area contributed by atoms with Gasteiger partial charge in [0.1, 0.15) is 6.10 Å². The number of likely N-dealkylation sites (N-methyl/N-ethyl adjacent to an activating group) is 1. The summed E-state index contributed by atoms with van der Waals surface area (Å²) in [6, 6.07) is 0.377. The van der Waals surface area contributed by atoms with Crippen molar-refractivity contribution in [2.75, 3.05) is 13.7 Å². The van der Waals surface area contributed by atoms with E-state index >= 15 is 0 Å². The van der Waals surface area contributed by atoms with Gasteiger partial charge in [-0.1, -0.05) is 0 Å². The molecule has 0 aromatic rings. The molecule has 0 aromatic carbocycles. The fourth-order valence-electron chi connectivity index (χ4n) is 1.46. The quantitative estimate of drug-likeness (QED) is 0.443. The van der Waals surface area contributed by atoms with Crippen LogP contribution in [-0.2, 0) is 9.53 Å². The third-order valence-corrected chi connectivity index (χ3v) is 2.15. The molecule has 1 amide bonds. The zero-order valence-electron chi connectivity index (χ0n) is 5.33. The Bertz CT molecular complexity index is 153. The van der Waals surface area contributed by atoms with Gasteiger partial charge in [-0.15, -0.1) is 0 Å². The number of nitrogens with zero attached hydrogens (tertiary/aromatic N) is 1. The Labute approximate surface area is 53.6 Å². The normalized spacial score (nSPS) is 40.6. The molecule has 2 heterocycles. The second-order valence-electron chi connectivity index (χ2n) is 2.66. The van der Waals surface area contributed by atoms with Crippen molar-refractivity contribution in [2.45, 2.75) is 18.6 Å². The summed E-state index contributed by atoms with van der Waals surface area (Å²) in [5.41, 5.74) is 0. The van der Waals surface area contributed by atoms with E-state index < -0.39 is 0 Å². The molecule has 50 valence electrons. The molecule has 0 saturated carbocycles. The Balaban J connectivity index is 2.25. The van der Waals surface area contributed by atoms with Crippen LogP contribution in [0, 0.1) is 0 Å². The first-order valence-corrected chi connectivity index (χ1v) is 3.17.